The van der Waals surface area contributed by atoms with Crippen molar-refractivity contribution in [1.82, 2.24) is 5.32 Å². The van der Waals surface area contributed by atoms with Crippen LogP contribution in [0.2, 0.25) is 0 Å². The highest BCUT2D eigenvalue weighted by molar-refractivity contribution is 7.90. The first-order valence-electron chi connectivity index (χ1n) is 8.26. The molecular formula is C19H22N2O4S. The molecule has 0 aliphatic rings. The Hall–Kier alpha value is -2.67. The van der Waals surface area contributed by atoms with E-state index in [0.717, 1.165) is 5.56 Å². The highest BCUT2D eigenvalue weighted by Gasteiger charge is 2.12. The second-order valence-corrected chi connectivity index (χ2v) is 8.13. The van der Waals surface area contributed by atoms with Crippen molar-refractivity contribution in [1.29, 1.82) is 0 Å². The first kappa shape index (κ1) is 19.7. The van der Waals surface area contributed by atoms with Gasteiger partial charge in [0.1, 0.15) is 0 Å². The van der Waals surface area contributed by atoms with Gasteiger partial charge in [0.15, 0.2) is 15.6 Å². The summed E-state index contributed by atoms with van der Waals surface area (Å²) in [7, 11) is -3.22. The first-order chi connectivity index (χ1) is 12.4. The van der Waals surface area contributed by atoms with Gasteiger partial charge in [0.25, 0.3) is 0 Å². The molecule has 2 rings (SSSR count). The topological polar surface area (TPSA) is 92.3 Å². The lowest BCUT2D eigenvalue weighted by Gasteiger charge is -2.09. The standard InChI is InChI=1S/C19H22N2O4S/c1-15(22)17-9-5-10-18(13-17)21-19(23)20-11-6-12-26(24,25)14-16-7-3-2-4-8-16/h2-5,7-10,13H,6,11-12,14H2,1H3,(H2,20,21,23). The third-order valence-corrected chi connectivity index (χ3v) is 5.36. The van der Waals surface area contributed by atoms with E-state index >= 15 is 0 Å². The Morgan fingerprint density at radius 1 is 1.00 bits per heavy atom. The molecule has 6 nitrogen and oxygen atoms in total. The maximum atomic E-state index is 12.1. The molecular weight excluding hydrogens is 352 g/mol. The van der Waals surface area contributed by atoms with E-state index in [1.165, 1.54) is 6.92 Å². The number of sulfone groups is 1. The van der Waals surface area contributed by atoms with Crippen LogP contribution in [0, 0.1) is 0 Å². The predicted octanol–water partition coefficient (Wildman–Crippen LogP) is 3.02. The van der Waals surface area contributed by atoms with Crippen LogP contribution in [0.15, 0.2) is 54.6 Å². The van der Waals surface area contributed by atoms with Crippen LogP contribution in [0.3, 0.4) is 0 Å². The lowest BCUT2D eigenvalue weighted by Crippen LogP contribution is -2.30. The number of carbonyl (C=O) groups is 2. The van der Waals surface area contributed by atoms with Crippen molar-refractivity contribution >= 4 is 27.3 Å². The fourth-order valence-electron chi connectivity index (χ4n) is 2.39. The van der Waals surface area contributed by atoms with Gasteiger partial charge in [-0.1, -0.05) is 42.5 Å². The van der Waals surface area contributed by atoms with E-state index in [0.29, 0.717) is 17.7 Å². The van der Waals surface area contributed by atoms with E-state index in [1.54, 1.807) is 48.5 Å². The van der Waals surface area contributed by atoms with Gasteiger partial charge in [-0.2, -0.15) is 0 Å². The molecule has 0 fully saturated rings. The molecule has 0 heterocycles. The fraction of sp³-hybridized carbons (Fsp3) is 0.263. The minimum absolute atomic E-state index is 0.00198. The lowest BCUT2D eigenvalue weighted by molar-refractivity contribution is 0.101. The molecule has 2 aromatic carbocycles. The van der Waals surface area contributed by atoms with E-state index in [2.05, 4.69) is 10.6 Å². The Kier molecular flexibility index (Phi) is 6.91. The lowest BCUT2D eigenvalue weighted by atomic mass is 10.1. The summed E-state index contributed by atoms with van der Waals surface area (Å²) >= 11 is 0. The van der Waals surface area contributed by atoms with Crippen LogP contribution >= 0.6 is 0 Å². The molecule has 2 N–H and O–H groups in total. The van der Waals surface area contributed by atoms with Crippen molar-refractivity contribution in [3.8, 4) is 0 Å². The molecule has 0 spiro atoms. The van der Waals surface area contributed by atoms with Gasteiger partial charge in [-0.25, -0.2) is 13.2 Å². The summed E-state index contributed by atoms with van der Waals surface area (Å²) in [4.78, 5) is 23.2. The number of amides is 2. The van der Waals surface area contributed by atoms with E-state index in [4.69, 9.17) is 0 Å². The normalized spacial score (nSPS) is 11.0. The van der Waals surface area contributed by atoms with Gasteiger partial charge in [0.05, 0.1) is 11.5 Å². The summed E-state index contributed by atoms with van der Waals surface area (Å²) in [6.07, 6.45) is 0.329. The third kappa shape index (κ3) is 6.68. The smallest absolute Gasteiger partial charge is 0.319 e. The van der Waals surface area contributed by atoms with E-state index in [-0.39, 0.29) is 23.8 Å². The summed E-state index contributed by atoms with van der Waals surface area (Å²) in [5, 5.41) is 5.24. The number of hydrogen-bond donors (Lipinski definition) is 2. The molecule has 7 heteroatoms. The first-order valence-corrected chi connectivity index (χ1v) is 10.1. The number of anilines is 1. The van der Waals surface area contributed by atoms with Crippen LogP contribution in [0.1, 0.15) is 29.3 Å². The van der Waals surface area contributed by atoms with Crippen molar-refractivity contribution in [3.63, 3.8) is 0 Å². The molecule has 2 amide bonds. The molecule has 26 heavy (non-hydrogen) atoms. The van der Waals surface area contributed by atoms with E-state index in [1.807, 2.05) is 6.07 Å². The van der Waals surface area contributed by atoms with Gasteiger partial charge in [-0.05, 0) is 31.0 Å². The van der Waals surface area contributed by atoms with Crippen LogP contribution in [-0.4, -0.2) is 32.5 Å². The van der Waals surface area contributed by atoms with Crippen molar-refractivity contribution < 1.29 is 18.0 Å². The quantitative estimate of drug-likeness (QED) is 0.549. The number of urea groups is 1. The number of nitrogens with one attached hydrogen (secondary N) is 2. The fourth-order valence-corrected chi connectivity index (χ4v) is 3.81. The summed E-state index contributed by atoms with van der Waals surface area (Å²) < 4.78 is 24.2. The average molecular weight is 374 g/mol. The van der Waals surface area contributed by atoms with Gasteiger partial charge in [0.2, 0.25) is 0 Å². The zero-order valence-electron chi connectivity index (χ0n) is 14.6. The Bertz CT molecular complexity index is 864. The minimum atomic E-state index is -3.22. The van der Waals surface area contributed by atoms with Crippen molar-refractivity contribution in [2.24, 2.45) is 0 Å². The molecule has 0 aliphatic carbocycles. The van der Waals surface area contributed by atoms with E-state index < -0.39 is 15.9 Å². The van der Waals surface area contributed by atoms with Gasteiger partial charge in [-0.3, -0.25) is 4.79 Å². The van der Waals surface area contributed by atoms with Crippen molar-refractivity contribution in [2.45, 2.75) is 19.1 Å². The molecule has 0 saturated heterocycles. The maximum absolute atomic E-state index is 12.1. The molecule has 0 aromatic heterocycles. The Balaban J connectivity index is 1.74. The maximum Gasteiger partial charge on any atom is 0.319 e. The summed E-state index contributed by atoms with van der Waals surface area (Å²) in [5.74, 6) is -0.0856. The van der Waals surface area contributed by atoms with Crippen molar-refractivity contribution in [2.75, 3.05) is 17.6 Å². The van der Waals surface area contributed by atoms with Crippen LogP contribution in [0.25, 0.3) is 0 Å². The summed E-state index contributed by atoms with van der Waals surface area (Å²) in [6.45, 7) is 1.70. The van der Waals surface area contributed by atoms with Crippen molar-refractivity contribution in [3.05, 3.63) is 65.7 Å². The Labute approximate surface area is 153 Å². The second-order valence-electron chi connectivity index (χ2n) is 5.95. The van der Waals surface area contributed by atoms with Gasteiger partial charge >= 0.3 is 6.03 Å². The monoisotopic (exact) mass is 374 g/mol. The van der Waals surface area contributed by atoms with Crippen LogP contribution in [0.5, 0.6) is 0 Å². The molecule has 0 radical (unpaired) electrons. The predicted molar refractivity (Wildman–Crippen MR) is 102 cm³/mol. The number of carbonyl (C=O) groups excluding carboxylic acids is 2. The van der Waals surface area contributed by atoms with Crippen LogP contribution in [-0.2, 0) is 15.6 Å². The number of hydrogen-bond acceptors (Lipinski definition) is 4. The molecule has 0 saturated carbocycles. The molecule has 0 aliphatic heterocycles. The highest BCUT2D eigenvalue weighted by Crippen LogP contribution is 2.11. The number of benzene rings is 2. The number of rotatable bonds is 8. The van der Waals surface area contributed by atoms with Crippen LogP contribution < -0.4 is 10.6 Å². The summed E-state index contributed by atoms with van der Waals surface area (Å²) in [6, 6.07) is 15.2. The SMILES string of the molecule is CC(=O)c1cccc(NC(=O)NCCCS(=O)(=O)Cc2ccccc2)c1. The minimum Gasteiger partial charge on any atom is -0.338 e. The number of Topliss-reactive ketones (excluding diaryl/α,β-unsaturated/α-hetero) is 1. The molecule has 0 atom stereocenters. The molecule has 0 bridgehead atoms. The zero-order chi connectivity index (χ0) is 19.0. The van der Waals surface area contributed by atoms with Gasteiger partial charge in [-0.15, -0.1) is 0 Å². The van der Waals surface area contributed by atoms with Crippen LogP contribution in [0.4, 0.5) is 10.5 Å². The molecule has 2 aromatic rings. The number of ketones is 1. The largest absolute Gasteiger partial charge is 0.338 e. The van der Waals surface area contributed by atoms with Gasteiger partial charge in [0, 0.05) is 17.8 Å². The molecule has 0 unspecified atom stereocenters. The Morgan fingerprint density at radius 3 is 2.42 bits per heavy atom. The second kappa shape index (κ2) is 9.15. The molecule has 138 valence electrons. The van der Waals surface area contributed by atoms with E-state index in [9.17, 15) is 18.0 Å². The highest BCUT2D eigenvalue weighted by atomic mass is 32.2. The zero-order valence-corrected chi connectivity index (χ0v) is 15.4. The third-order valence-electron chi connectivity index (χ3n) is 3.67. The average Bonchev–Trinajstić information content (AvgIpc) is 2.59. The van der Waals surface area contributed by atoms with Gasteiger partial charge < -0.3 is 10.6 Å². The Morgan fingerprint density at radius 2 is 1.73 bits per heavy atom. The summed E-state index contributed by atoms with van der Waals surface area (Å²) in [5.41, 5.74) is 1.77.